The first-order valence-electron chi connectivity index (χ1n) is 10.3. The number of hydrogen-bond donors (Lipinski definition) is 0. The van der Waals surface area contributed by atoms with Gasteiger partial charge in [-0.1, -0.05) is 48.5 Å². The molecule has 0 unspecified atom stereocenters. The van der Waals surface area contributed by atoms with Gasteiger partial charge in [-0.15, -0.1) is 24.8 Å². The van der Waals surface area contributed by atoms with Crippen molar-refractivity contribution in [3.05, 3.63) is 97.0 Å². The van der Waals surface area contributed by atoms with Crippen molar-refractivity contribution in [2.45, 2.75) is 6.54 Å². The molecule has 0 N–H and O–H groups in total. The van der Waals surface area contributed by atoms with Crippen LogP contribution >= 0.6 is 24.8 Å². The molecule has 5 nitrogen and oxygen atoms in total. The molecule has 0 radical (unpaired) electrons. The maximum Gasteiger partial charge on any atom is 0.158 e. The number of anilines is 1. The average molecular weight is 478 g/mol. The van der Waals surface area contributed by atoms with Gasteiger partial charge in [-0.05, 0) is 35.4 Å². The second-order valence-electron chi connectivity index (χ2n) is 7.72. The molecule has 5 aromatic rings. The number of pyridine rings is 2. The zero-order valence-electron chi connectivity index (χ0n) is 18.4. The van der Waals surface area contributed by atoms with Crippen LogP contribution in [0.4, 0.5) is 5.82 Å². The van der Waals surface area contributed by atoms with Crippen molar-refractivity contribution in [1.82, 2.24) is 19.7 Å². The van der Waals surface area contributed by atoms with E-state index in [9.17, 15) is 0 Å². The zero-order valence-corrected chi connectivity index (χ0v) is 20.1. The third-order valence-corrected chi connectivity index (χ3v) is 5.43. The molecule has 5 rings (SSSR count). The van der Waals surface area contributed by atoms with Gasteiger partial charge in [0.25, 0.3) is 0 Å². The lowest BCUT2D eigenvalue weighted by Crippen LogP contribution is -2.17. The fourth-order valence-corrected chi connectivity index (χ4v) is 3.85. The van der Waals surface area contributed by atoms with E-state index < -0.39 is 0 Å². The molecule has 0 amide bonds. The maximum absolute atomic E-state index is 4.80. The fraction of sp³-hybridized carbons (Fsp3) is 0.115. The summed E-state index contributed by atoms with van der Waals surface area (Å²) in [5, 5.41) is 5.85. The molecular weight excluding hydrogens is 453 g/mol. The van der Waals surface area contributed by atoms with Crippen LogP contribution in [0, 0.1) is 0 Å². The molecule has 0 fully saturated rings. The Balaban J connectivity index is 0.00000153. The number of nitrogens with zero attached hydrogens (tertiary/aromatic N) is 5. The van der Waals surface area contributed by atoms with E-state index in [0.717, 1.165) is 45.6 Å². The van der Waals surface area contributed by atoms with Crippen molar-refractivity contribution in [3.8, 4) is 22.4 Å². The zero-order chi connectivity index (χ0) is 21.2. The SMILES string of the molecule is CN(Cc1ccc(-c2ccc3ccccc3n2)cc1)c1nn(C)cc1-c1ccncc1.Cl.Cl. The van der Waals surface area contributed by atoms with Gasteiger partial charge in [0.1, 0.15) is 0 Å². The monoisotopic (exact) mass is 477 g/mol. The number of para-hydroxylation sites is 1. The molecule has 3 heterocycles. The number of benzene rings is 2. The lowest BCUT2D eigenvalue weighted by Gasteiger charge is -2.18. The first-order chi connectivity index (χ1) is 15.2. The van der Waals surface area contributed by atoms with Crippen LogP contribution in [0.3, 0.4) is 0 Å². The standard InChI is InChI=1S/C26H23N5.2ClH/c1-30(26-23(18-31(2)29-26)20-13-15-27-16-14-20)17-19-7-9-22(10-8-19)25-12-11-21-5-3-4-6-24(21)28-25;;/h3-16,18H,17H2,1-2H3;2*1H. The third-order valence-electron chi connectivity index (χ3n) is 5.43. The highest BCUT2D eigenvalue weighted by Gasteiger charge is 2.14. The van der Waals surface area contributed by atoms with Gasteiger partial charge in [-0.2, -0.15) is 5.10 Å². The summed E-state index contributed by atoms with van der Waals surface area (Å²) in [4.78, 5) is 11.1. The van der Waals surface area contributed by atoms with E-state index in [1.807, 2.05) is 48.4 Å². The summed E-state index contributed by atoms with van der Waals surface area (Å²) in [6.07, 6.45) is 5.67. The lowest BCUT2D eigenvalue weighted by molar-refractivity contribution is 0.752. The average Bonchev–Trinajstić information content (AvgIpc) is 3.22. The molecule has 0 atom stereocenters. The van der Waals surface area contributed by atoms with Gasteiger partial charge < -0.3 is 4.90 Å². The van der Waals surface area contributed by atoms with Crippen molar-refractivity contribution in [2.75, 3.05) is 11.9 Å². The van der Waals surface area contributed by atoms with Crippen LogP contribution < -0.4 is 4.90 Å². The molecule has 0 bridgehead atoms. The summed E-state index contributed by atoms with van der Waals surface area (Å²) < 4.78 is 1.86. The summed E-state index contributed by atoms with van der Waals surface area (Å²) in [5.41, 5.74) is 6.56. The minimum absolute atomic E-state index is 0. The van der Waals surface area contributed by atoms with Crippen molar-refractivity contribution < 1.29 is 0 Å². The molecular formula is C26H25Cl2N5. The molecule has 3 aromatic heterocycles. The Morgan fingerprint density at radius 2 is 1.55 bits per heavy atom. The van der Waals surface area contributed by atoms with Gasteiger partial charge in [0, 0.05) is 55.7 Å². The minimum atomic E-state index is 0. The summed E-state index contributed by atoms with van der Waals surface area (Å²) in [5.74, 6) is 0.953. The highest BCUT2D eigenvalue weighted by atomic mass is 35.5. The van der Waals surface area contributed by atoms with Gasteiger partial charge in [-0.25, -0.2) is 4.98 Å². The summed E-state index contributed by atoms with van der Waals surface area (Å²) in [6, 6.07) is 25.0. The molecule has 0 saturated heterocycles. The highest BCUT2D eigenvalue weighted by Crippen LogP contribution is 2.29. The predicted molar refractivity (Wildman–Crippen MR) is 140 cm³/mol. The van der Waals surface area contributed by atoms with E-state index in [1.54, 1.807) is 0 Å². The van der Waals surface area contributed by atoms with Crippen LogP contribution in [0.5, 0.6) is 0 Å². The quantitative estimate of drug-likeness (QED) is 0.303. The lowest BCUT2D eigenvalue weighted by atomic mass is 10.1. The molecule has 0 aliphatic rings. The predicted octanol–water partition coefficient (Wildman–Crippen LogP) is 6.18. The van der Waals surface area contributed by atoms with Crippen molar-refractivity contribution in [3.63, 3.8) is 0 Å². The maximum atomic E-state index is 4.80. The van der Waals surface area contributed by atoms with E-state index in [-0.39, 0.29) is 24.8 Å². The van der Waals surface area contributed by atoms with E-state index >= 15 is 0 Å². The van der Waals surface area contributed by atoms with Crippen LogP contribution in [0.25, 0.3) is 33.3 Å². The van der Waals surface area contributed by atoms with E-state index in [4.69, 9.17) is 4.98 Å². The Labute approximate surface area is 205 Å². The van der Waals surface area contributed by atoms with E-state index in [0.29, 0.717) is 0 Å². The van der Waals surface area contributed by atoms with Crippen molar-refractivity contribution >= 4 is 41.5 Å². The van der Waals surface area contributed by atoms with Crippen molar-refractivity contribution in [2.24, 2.45) is 7.05 Å². The normalized spacial score (nSPS) is 10.4. The molecule has 0 spiro atoms. The van der Waals surface area contributed by atoms with Crippen LogP contribution in [-0.2, 0) is 13.6 Å². The Bertz CT molecular complexity index is 1330. The summed E-state index contributed by atoms with van der Waals surface area (Å²) >= 11 is 0. The second kappa shape index (κ2) is 10.5. The summed E-state index contributed by atoms with van der Waals surface area (Å²) in [7, 11) is 4.03. The number of aromatic nitrogens is 4. The number of halogens is 2. The Hall–Kier alpha value is -3.41. The summed E-state index contributed by atoms with van der Waals surface area (Å²) in [6.45, 7) is 0.764. The fourth-order valence-electron chi connectivity index (χ4n) is 3.85. The number of hydrogen-bond acceptors (Lipinski definition) is 4. The Morgan fingerprint density at radius 3 is 2.30 bits per heavy atom. The third kappa shape index (κ3) is 5.16. The molecule has 0 saturated carbocycles. The Kier molecular flexibility index (Phi) is 7.69. The van der Waals surface area contributed by atoms with Crippen LogP contribution in [-0.4, -0.2) is 26.8 Å². The second-order valence-corrected chi connectivity index (χ2v) is 7.72. The van der Waals surface area contributed by atoms with Gasteiger partial charge in [0.2, 0.25) is 0 Å². The van der Waals surface area contributed by atoms with Crippen LogP contribution in [0.2, 0.25) is 0 Å². The highest BCUT2D eigenvalue weighted by molar-refractivity contribution is 5.85. The smallest absolute Gasteiger partial charge is 0.158 e. The Morgan fingerprint density at radius 1 is 0.818 bits per heavy atom. The van der Waals surface area contributed by atoms with E-state index in [1.165, 1.54) is 5.56 Å². The molecule has 0 aliphatic carbocycles. The molecule has 2 aromatic carbocycles. The van der Waals surface area contributed by atoms with Crippen molar-refractivity contribution in [1.29, 1.82) is 0 Å². The largest absolute Gasteiger partial charge is 0.353 e. The van der Waals surface area contributed by atoms with Gasteiger partial charge >= 0.3 is 0 Å². The number of aryl methyl sites for hydroxylation is 1. The molecule has 7 heteroatoms. The topological polar surface area (TPSA) is 46.8 Å². The van der Waals surface area contributed by atoms with E-state index in [2.05, 4.69) is 76.8 Å². The number of fused-ring (bicyclic) bond motifs is 1. The molecule has 0 aliphatic heterocycles. The first kappa shape index (κ1) is 24.2. The van der Waals surface area contributed by atoms with Crippen LogP contribution in [0.15, 0.2) is 91.4 Å². The first-order valence-corrected chi connectivity index (χ1v) is 10.3. The van der Waals surface area contributed by atoms with Gasteiger partial charge in [0.15, 0.2) is 5.82 Å². The minimum Gasteiger partial charge on any atom is -0.353 e. The molecule has 168 valence electrons. The van der Waals surface area contributed by atoms with Gasteiger partial charge in [0.05, 0.1) is 11.2 Å². The molecule has 33 heavy (non-hydrogen) atoms. The number of rotatable bonds is 5. The van der Waals surface area contributed by atoms with Crippen LogP contribution in [0.1, 0.15) is 5.56 Å². The van der Waals surface area contributed by atoms with Gasteiger partial charge in [-0.3, -0.25) is 9.67 Å².